The molecule has 1 aromatic heterocycles. The zero-order valence-electron chi connectivity index (χ0n) is 10.8. The lowest BCUT2D eigenvalue weighted by Crippen LogP contribution is -2.00. The van der Waals surface area contributed by atoms with Crippen LogP contribution >= 0.6 is 11.6 Å². The van der Waals surface area contributed by atoms with Gasteiger partial charge >= 0.3 is 0 Å². The Bertz CT molecular complexity index is 705. The highest BCUT2D eigenvalue weighted by Gasteiger charge is 2.13. The monoisotopic (exact) mass is 285 g/mol. The third kappa shape index (κ3) is 2.38. The number of ether oxygens (including phenoxy) is 1. The smallest absolute Gasteiger partial charge is 0.229 e. The van der Waals surface area contributed by atoms with Crippen molar-refractivity contribution in [2.24, 2.45) is 0 Å². The number of hydrogen-bond donors (Lipinski definition) is 0. The van der Waals surface area contributed by atoms with Crippen LogP contribution in [0.1, 0.15) is 5.82 Å². The summed E-state index contributed by atoms with van der Waals surface area (Å²) in [5.74, 6) is 2.17. The molecule has 0 saturated carbocycles. The van der Waals surface area contributed by atoms with E-state index < -0.39 is 0 Å². The molecule has 0 bridgehead atoms. The van der Waals surface area contributed by atoms with Gasteiger partial charge in [0.1, 0.15) is 11.6 Å². The van der Waals surface area contributed by atoms with E-state index in [1.807, 2.05) is 61.5 Å². The van der Waals surface area contributed by atoms with E-state index in [0.717, 1.165) is 11.4 Å². The summed E-state index contributed by atoms with van der Waals surface area (Å²) in [6, 6.07) is 17.2. The van der Waals surface area contributed by atoms with E-state index >= 15 is 0 Å². The van der Waals surface area contributed by atoms with E-state index in [1.54, 1.807) is 4.57 Å². The maximum absolute atomic E-state index is 6.09. The van der Waals surface area contributed by atoms with E-state index in [1.165, 1.54) is 0 Å². The van der Waals surface area contributed by atoms with Crippen LogP contribution in [0, 0.1) is 6.92 Å². The van der Waals surface area contributed by atoms with Crippen LogP contribution in [0.15, 0.2) is 54.6 Å². The van der Waals surface area contributed by atoms with E-state index in [0.29, 0.717) is 16.9 Å². The molecule has 0 spiro atoms. The van der Waals surface area contributed by atoms with Gasteiger partial charge in [0.05, 0.1) is 5.69 Å². The lowest BCUT2D eigenvalue weighted by atomic mass is 10.3. The molecular weight excluding hydrogens is 274 g/mol. The van der Waals surface area contributed by atoms with Crippen molar-refractivity contribution in [3.05, 3.63) is 65.7 Å². The van der Waals surface area contributed by atoms with Crippen molar-refractivity contribution in [2.45, 2.75) is 6.92 Å². The van der Waals surface area contributed by atoms with Crippen LogP contribution in [-0.2, 0) is 0 Å². The fraction of sp³-hybridized carbons (Fsp3) is 0.0667. The average Bonchev–Trinajstić information content (AvgIpc) is 2.80. The maximum Gasteiger partial charge on any atom is 0.229 e. The summed E-state index contributed by atoms with van der Waals surface area (Å²) in [6.45, 7) is 1.85. The summed E-state index contributed by atoms with van der Waals surface area (Å²) in [4.78, 5) is 0. The molecular formula is C15H12ClN3O. The molecule has 0 radical (unpaired) electrons. The quantitative estimate of drug-likeness (QED) is 0.729. The van der Waals surface area contributed by atoms with Crippen molar-refractivity contribution in [2.75, 3.05) is 0 Å². The van der Waals surface area contributed by atoms with Gasteiger partial charge in [0.25, 0.3) is 0 Å². The molecule has 0 amide bonds. The van der Waals surface area contributed by atoms with E-state index in [2.05, 4.69) is 10.2 Å². The van der Waals surface area contributed by atoms with Gasteiger partial charge in [0, 0.05) is 0 Å². The van der Waals surface area contributed by atoms with Crippen LogP contribution < -0.4 is 4.74 Å². The topological polar surface area (TPSA) is 39.9 Å². The van der Waals surface area contributed by atoms with E-state index in [-0.39, 0.29) is 0 Å². The Hall–Kier alpha value is -2.33. The summed E-state index contributed by atoms with van der Waals surface area (Å²) in [5.41, 5.74) is 0.809. The molecule has 2 aromatic carbocycles. The third-order valence-corrected chi connectivity index (χ3v) is 3.11. The highest BCUT2D eigenvalue weighted by atomic mass is 35.5. The number of aryl methyl sites for hydroxylation is 1. The summed E-state index contributed by atoms with van der Waals surface area (Å²) in [7, 11) is 0. The molecule has 20 heavy (non-hydrogen) atoms. The van der Waals surface area contributed by atoms with Crippen molar-refractivity contribution in [1.82, 2.24) is 14.8 Å². The predicted molar refractivity (Wildman–Crippen MR) is 77.6 cm³/mol. The summed E-state index contributed by atoms with van der Waals surface area (Å²) >= 11 is 6.09. The molecule has 5 heteroatoms. The number of aromatic nitrogens is 3. The molecule has 0 atom stereocenters. The molecule has 1 heterocycles. The van der Waals surface area contributed by atoms with Crippen LogP contribution in [0.5, 0.6) is 11.5 Å². The molecule has 3 aromatic rings. The minimum Gasteiger partial charge on any atom is -0.455 e. The van der Waals surface area contributed by atoms with E-state index in [4.69, 9.17) is 16.3 Å². The molecule has 0 aliphatic heterocycles. The van der Waals surface area contributed by atoms with Crippen LogP contribution in [0.2, 0.25) is 5.28 Å². The normalized spacial score (nSPS) is 10.5. The Morgan fingerprint density at radius 3 is 2.35 bits per heavy atom. The first-order valence-corrected chi connectivity index (χ1v) is 6.53. The molecule has 100 valence electrons. The Labute approximate surface area is 121 Å². The van der Waals surface area contributed by atoms with Gasteiger partial charge in [-0.15, -0.1) is 10.2 Å². The molecule has 4 nitrogen and oxygen atoms in total. The number of hydrogen-bond acceptors (Lipinski definition) is 3. The highest BCUT2D eigenvalue weighted by Crippen LogP contribution is 2.30. The van der Waals surface area contributed by atoms with Crippen molar-refractivity contribution in [3.63, 3.8) is 0 Å². The van der Waals surface area contributed by atoms with Crippen molar-refractivity contribution >= 4 is 11.6 Å². The molecule has 0 saturated heterocycles. The average molecular weight is 286 g/mol. The third-order valence-electron chi connectivity index (χ3n) is 2.86. The molecule has 0 aliphatic carbocycles. The first kappa shape index (κ1) is 12.7. The Kier molecular flexibility index (Phi) is 3.39. The van der Waals surface area contributed by atoms with Gasteiger partial charge in [-0.2, -0.15) is 0 Å². The van der Waals surface area contributed by atoms with Gasteiger partial charge in [0.2, 0.25) is 5.28 Å². The Balaban J connectivity index is 2.05. The van der Waals surface area contributed by atoms with Gasteiger partial charge in [-0.3, -0.25) is 4.57 Å². The second kappa shape index (κ2) is 5.35. The summed E-state index contributed by atoms with van der Waals surface area (Å²) < 4.78 is 7.66. The fourth-order valence-corrected chi connectivity index (χ4v) is 2.21. The lowest BCUT2D eigenvalue weighted by Gasteiger charge is -2.12. The predicted octanol–water partition coefficient (Wildman–Crippen LogP) is 4.02. The Morgan fingerprint density at radius 1 is 0.950 bits per heavy atom. The standard InChI is InChI=1S/C15H12ClN3O/c1-11-17-18-15(16)19(11)13-9-5-6-10-14(13)20-12-7-3-2-4-8-12/h2-10H,1H3. The van der Waals surface area contributed by atoms with Gasteiger partial charge in [-0.1, -0.05) is 30.3 Å². The summed E-state index contributed by atoms with van der Waals surface area (Å²) in [6.07, 6.45) is 0. The van der Waals surface area contributed by atoms with E-state index in [9.17, 15) is 0 Å². The van der Waals surface area contributed by atoms with Gasteiger partial charge in [-0.05, 0) is 42.8 Å². The highest BCUT2D eigenvalue weighted by molar-refractivity contribution is 6.28. The first-order valence-electron chi connectivity index (χ1n) is 6.15. The zero-order chi connectivity index (χ0) is 13.9. The van der Waals surface area contributed by atoms with Gasteiger partial charge in [0.15, 0.2) is 5.75 Å². The minimum absolute atomic E-state index is 0.312. The lowest BCUT2D eigenvalue weighted by molar-refractivity contribution is 0.479. The molecule has 0 unspecified atom stereocenters. The molecule has 3 rings (SSSR count). The van der Waals surface area contributed by atoms with Crippen LogP contribution in [-0.4, -0.2) is 14.8 Å². The number of para-hydroxylation sites is 3. The number of halogens is 1. The largest absolute Gasteiger partial charge is 0.455 e. The zero-order valence-corrected chi connectivity index (χ0v) is 11.6. The number of rotatable bonds is 3. The SMILES string of the molecule is Cc1nnc(Cl)n1-c1ccccc1Oc1ccccc1. The number of benzene rings is 2. The van der Waals surface area contributed by atoms with Gasteiger partial charge < -0.3 is 4.74 Å². The van der Waals surface area contributed by atoms with Crippen molar-refractivity contribution < 1.29 is 4.74 Å². The van der Waals surface area contributed by atoms with Crippen molar-refractivity contribution in [3.8, 4) is 17.2 Å². The molecule has 0 fully saturated rings. The fourth-order valence-electron chi connectivity index (χ4n) is 1.95. The Morgan fingerprint density at radius 2 is 1.65 bits per heavy atom. The maximum atomic E-state index is 6.09. The number of nitrogens with zero attached hydrogens (tertiary/aromatic N) is 3. The summed E-state index contributed by atoms with van der Waals surface area (Å²) in [5, 5.41) is 8.14. The second-order valence-corrected chi connectivity index (χ2v) is 4.57. The molecule has 0 N–H and O–H groups in total. The van der Waals surface area contributed by atoms with Crippen LogP contribution in [0.4, 0.5) is 0 Å². The minimum atomic E-state index is 0.312. The van der Waals surface area contributed by atoms with Crippen molar-refractivity contribution in [1.29, 1.82) is 0 Å². The van der Waals surface area contributed by atoms with Crippen LogP contribution in [0.3, 0.4) is 0 Å². The van der Waals surface area contributed by atoms with Gasteiger partial charge in [-0.25, -0.2) is 0 Å². The first-order chi connectivity index (χ1) is 9.75. The molecule has 0 aliphatic rings. The van der Waals surface area contributed by atoms with Crippen LogP contribution in [0.25, 0.3) is 5.69 Å². The second-order valence-electron chi connectivity index (χ2n) is 4.23.